The number of carbonyl (C=O) groups excluding carboxylic acids is 2. The van der Waals surface area contributed by atoms with Crippen LogP contribution in [0.4, 0.5) is 5.69 Å². The minimum absolute atomic E-state index is 0.0518. The second-order valence-corrected chi connectivity index (χ2v) is 11.3. The van der Waals surface area contributed by atoms with E-state index >= 15 is 0 Å². The molecule has 8 heteroatoms. The molecule has 0 spiro atoms. The van der Waals surface area contributed by atoms with E-state index in [0.29, 0.717) is 28.4 Å². The Hall–Kier alpha value is -2.33. The highest BCUT2D eigenvalue weighted by atomic mass is 127. The van der Waals surface area contributed by atoms with Gasteiger partial charge in [-0.25, -0.2) is 4.79 Å². The van der Waals surface area contributed by atoms with Crippen molar-refractivity contribution in [1.29, 1.82) is 0 Å². The lowest BCUT2D eigenvalue weighted by atomic mass is 9.99. The third kappa shape index (κ3) is 4.39. The Morgan fingerprint density at radius 3 is 2.86 bits per heavy atom. The van der Waals surface area contributed by atoms with Crippen LogP contribution in [0.1, 0.15) is 32.7 Å². The minimum Gasteiger partial charge on any atom is -0.363 e. The molecule has 2 aromatic rings. The third-order valence-corrected chi connectivity index (χ3v) is 9.06. The molecule has 178 valence electrons. The number of quaternary nitrogens is 1. The fraction of sp³-hybridized carbons (Fsp3) is 0.185. The highest BCUT2D eigenvalue weighted by Crippen LogP contribution is 2.42. The largest absolute Gasteiger partial charge is 0.363 e. The third-order valence-electron chi connectivity index (χ3n) is 6.60. The molecule has 1 unspecified atom stereocenters. The molecule has 1 aliphatic carbocycles. The smallest absolute Gasteiger partial charge is 0.357 e. The van der Waals surface area contributed by atoms with Crippen LogP contribution >= 0.6 is 46.0 Å². The predicted molar refractivity (Wildman–Crippen MR) is 151 cm³/mol. The number of hydrogen-bond donors (Lipinski definition) is 2. The highest BCUT2D eigenvalue weighted by molar-refractivity contribution is 14.1. The van der Waals surface area contributed by atoms with Crippen molar-refractivity contribution in [2.75, 3.05) is 23.4 Å². The van der Waals surface area contributed by atoms with Crippen molar-refractivity contribution in [1.82, 2.24) is 5.32 Å². The molecule has 5 rings (SSSR count). The van der Waals surface area contributed by atoms with E-state index in [0.717, 1.165) is 44.0 Å². The first-order chi connectivity index (χ1) is 16.9. The molecular weight excluding hydrogens is 593 g/mol. The van der Waals surface area contributed by atoms with Gasteiger partial charge in [0.25, 0.3) is 5.91 Å². The van der Waals surface area contributed by atoms with Crippen LogP contribution in [0, 0.1) is 10.5 Å². The van der Waals surface area contributed by atoms with E-state index in [2.05, 4.69) is 45.4 Å². The average molecular weight is 617 g/mol. The molecule has 1 atom stereocenters. The fourth-order valence-electron chi connectivity index (χ4n) is 4.73. The Kier molecular flexibility index (Phi) is 6.94. The van der Waals surface area contributed by atoms with Crippen LogP contribution in [0.2, 0.25) is 5.02 Å². The molecule has 1 fully saturated rings. The molecule has 35 heavy (non-hydrogen) atoms. The number of nitrogens with zero attached hydrogens (tertiary/aromatic N) is 1. The quantitative estimate of drug-likeness (QED) is 0.310. The van der Waals surface area contributed by atoms with Crippen LogP contribution in [0.25, 0.3) is 0 Å². The number of nitrogens with one attached hydrogen (secondary N) is 2. The number of hydrogen-bond acceptors (Lipinski definition) is 4. The van der Waals surface area contributed by atoms with Gasteiger partial charge >= 0.3 is 5.91 Å². The van der Waals surface area contributed by atoms with Crippen molar-refractivity contribution in [3.8, 4) is 0 Å². The number of amides is 2. The molecule has 2 heterocycles. The molecule has 5 nitrogen and oxygen atoms in total. The van der Waals surface area contributed by atoms with E-state index in [1.54, 1.807) is 24.3 Å². The van der Waals surface area contributed by atoms with Gasteiger partial charge < -0.3 is 10.6 Å². The van der Waals surface area contributed by atoms with E-state index in [-0.39, 0.29) is 16.3 Å². The lowest BCUT2D eigenvalue weighted by molar-refractivity contribution is -0.766. The van der Waals surface area contributed by atoms with E-state index in [9.17, 15) is 9.59 Å². The summed E-state index contributed by atoms with van der Waals surface area (Å²) in [5.41, 5.74) is 5.66. The standard InChI is InChI=1S/C27H23ClIN3O2S/c1-17-21(6-4-7-24(17)29)26(33)31-19-9-10-22(23(28)13-19)27(34)32-11-12-35-16-20(32)15-30-14-18-5-2-3-8-25(18)32/h2-4,6-10,13-15,30H,5,11-12,16H2,1H3/p+1. The molecule has 3 aliphatic rings. The molecule has 2 amide bonds. The van der Waals surface area contributed by atoms with Gasteiger partial charge in [-0.2, -0.15) is 4.48 Å². The number of allylic oxidation sites excluding steroid dienone is 4. The first-order valence-electron chi connectivity index (χ1n) is 11.3. The van der Waals surface area contributed by atoms with Crippen molar-refractivity contribution >= 4 is 63.5 Å². The Labute approximate surface area is 227 Å². The highest BCUT2D eigenvalue weighted by Gasteiger charge is 2.50. The monoisotopic (exact) mass is 616 g/mol. The number of fused-ring (bicyclic) bond motifs is 3. The molecule has 2 aromatic carbocycles. The maximum absolute atomic E-state index is 14.3. The topological polar surface area (TPSA) is 58.2 Å². The van der Waals surface area contributed by atoms with E-state index in [4.69, 9.17) is 11.6 Å². The van der Waals surface area contributed by atoms with Gasteiger partial charge in [0, 0.05) is 38.4 Å². The number of benzene rings is 2. The van der Waals surface area contributed by atoms with Crippen molar-refractivity contribution in [3.63, 3.8) is 0 Å². The summed E-state index contributed by atoms with van der Waals surface area (Å²) in [6.45, 7) is 2.59. The number of halogens is 2. The van der Waals surface area contributed by atoms with Gasteiger partial charge in [-0.3, -0.25) is 4.79 Å². The van der Waals surface area contributed by atoms with Gasteiger partial charge in [0.05, 0.1) is 22.5 Å². The summed E-state index contributed by atoms with van der Waals surface area (Å²) in [5, 5.41) is 6.54. The summed E-state index contributed by atoms with van der Waals surface area (Å²) < 4.78 is 1.17. The van der Waals surface area contributed by atoms with Crippen LogP contribution < -0.4 is 10.6 Å². The SMILES string of the molecule is Cc1c(I)cccc1C(=O)Nc1ccc(C(=O)[N+]23CCSCC2=CNC=C2CC=CC=C23)c(Cl)c1. The summed E-state index contributed by atoms with van der Waals surface area (Å²) in [4.78, 5) is 27.1. The zero-order chi connectivity index (χ0) is 24.6. The molecular formula is C27H24ClIN3O2S+. The zero-order valence-electron chi connectivity index (χ0n) is 19.1. The Balaban J connectivity index is 1.49. The van der Waals surface area contributed by atoms with Crippen LogP contribution in [0.5, 0.6) is 0 Å². The molecule has 1 saturated heterocycles. The zero-order valence-corrected chi connectivity index (χ0v) is 22.8. The summed E-state index contributed by atoms with van der Waals surface area (Å²) in [7, 11) is 0. The Morgan fingerprint density at radius 2 is 2.03 bits per heavy atom. The fourth-order valence-corrected chi connectivity index (χ4v) is 6.55. The first kappa shape index (κ1) is 24.4. The first-order valence-corrected chi connectivity index (χ1v) is 13.9. The second-order valence-electron chi connectivity index (χ2n) is 8.61. The summed E-state index contributed by atoms with van der Waals surface area (Å²) >= 11 is 10.7. The number of rotatable bonds is 3. The lowest BCUT2D eigenvalue weighted by Crippen LogP contribution is -2.55. The normalized spacial score (nSPS) is 20.8. The minimum atomic E-state index is -0.205. The van der Waals surface area contributed by atoms with Gasteiger partial charge in [0.2, 0.25) is 0 Å². The molecule has 2 N–H and O–H groups in total. The van der Waals surface area contributed by atoms with E-state index in [1.807, 2.05) is 49.3 Å². The molecule has 0 aromatic heterocycles. The number of anilines is 1. The average Bonchev–Trinajstić information content (AvgIpc) is 3.03. The van der Waals surface area contributed by atoms with Crippen LogP contribution in [0.15, 0.2) is 84.0 Å². The molecule has 0 bridgehead atoms. The summed E-state index contributed by atoms with van der Waals surface area (Å²) in [6, 6.07) is 10.8. The Morgan fingerprint density at radius 1 is 1.17 bits per heavy atom. The lowest BCUT2D eigenvalue weighted by Gasteiger charge is -2.41. The van der Waals surface area contributed by atoms with Crippen molar-refractivity contribution in [2.24, 2.45) is 0 Å². The Bertz CT molecular complexity index is 1360. The maximum Gasteiger partial charge on any atom is 0.357 e. The predicted octanol–water partition coefficient (Wildman–Crippen LogP) is 6.38. The van der Waals surface area contributed by atoms with Gasteiger partial charge in [-0.1, -0.05) is 29.8 Å². The van der Waals surface area contributed by atoms with Crippen LogP contribution in [-0.2, 0) is 0 Å². The van der Waals surface area contributed by atoms with Gasteiger partial charge in [-0.05, 0) is 71.8 Å². The number of carbonyl (C=O) groups is 2. The maximum atomic E-state index is 14.3. The number of thioether (sulfide) groups is 1. The van der Waals surface area contributed by atoms with Crippen LogP contribution in [0.3, 0.4) is 0 Å². The second kappa shape index (κ2) is 9.97. The van der Waals surface area contributed by atoms with Gasteiger partial charge in [-0.15, -0.1) is 11.8 Å². The van der Waals surface area contributed by atoms with E-state index < -0.39 is 0 Å². The van der Waals surface area contributed by atoms with Crippen molar-refractivity contribution in [3.05, 3.63) is 109 Å². The molecule has 0 saturated carbocycles. The van der Waals surface area contributed by atoms with Crippen LogP contribution in [-0.4, -0.2) is 34.3 Å². The molecule has 2 aliphatic heterocycles. The molecule has 0 radical (unpaired) electrons. The summed E-state index contributed by atoms with van der Waals surface area (Å²) in [5.74, 6) is 1.38. The van der Waals surface area contributed by atoms with Gasteiger partial charge in [0.15, 0.2) is 5.70 Å². The van der Waals surface area contributed by atoms with Gasteiger partial charge in [0.1, 0.15) is 12.2 Å². The van der Waals surface area contributed by atoms with Crippen molar-refractivity contribution < 1.29 is 14.1 Å². The summed E-state index contributed by atoms with van der Waals surface area (Å²) in [6.07, 6.45) is 10.9. The van der Waals surface area contributed by atoms with E-state index in [1.165, 1.54) is 0 Å². The van der Waals surface area contributed by atoms with Crippen molar-refractivity contribution in [2.45, 2.75) is 13.3 Å².